The van der Waals surface area contributed by atoms with Gasteiger partial charge >= 0.3 is 53.7 Å². The summed E-state index contributed by atoms with van der Waals surface area (Å²) in [5.41, 5.74) is 2.50. The lowest BCUT2D eigenvalue weighted by Crippen LogP contribution is -2.56. The molecule has 0 saturated heterocycles. The molecule has 0 bridgehead atoms. The number of allylic oxidation sites excluding steroid dienone is 4. The second-order valence-electron chi connectivity index (χ2n) is 38.4. The summed E-state index contributed by atoms with van der Waals surface area (Å²) in [6, 6.07) is 15.6. The number of carbonyl (C=O) groups is 13. The summed E-state index contributed by atoms with van der Waals surface area (Å²) < 4.78 is 16.9. The number of rotatable bonds is 84. The first kappa shape index (κ1) is 133. The summed E-state index contributed by atoms with van der Waals surface area (Å²) >= 11 is 0. The van der Waals surface area contributed by atoms with Gasteiger partial charge in [-0.05, 0) is 202 Å². The Balaban J connectivity index is 0.00000110. The van der Waals surface area contributed by atoms with Crippen LogP contribution in [-0.2, 0) is 91.3 Å². The van der Waals surface area contributed by atoms with Crippen molar-refractivity contribution in [1.29, 1.82) is 0 Å². The second-order valence-corrected chi connectivity index (χ2v) is 38.4. The maximum Gasteiger partial charge on any atom is 0.337 e. The van der Waals surface area contributed by atoms with Crippen molar-refractivity contribution in [2.24, 2.45) is 39.7 Å². The molecular weight excluding hydrogens is 1900 g/mol. The molecule has 3 aromatic rings. The molecule has 0 fully saturated rings. The molecule has 826 valence electrons. The first-order valence-electron chi connectivity index (χ1n) is 52.3. The third-order valence-corrected chi connectivity index (χ3v) is 24.6. The molecule has 0 aromatic heterocycles. The van der Waals surface area contributed by atoms with Crippen LogP contribution in [0.15, 0.2) is 131 Å². The van der Waals surface area contributed by atoms with Crippen LogP contribution in [0.3, 0.4) is 0 Å². The number of aliphatic hydroxyl groups is 3. The number of nitrogens with two attached hydrogens (primary N) is 1. The normalized spacial score (nSPS) is 13.9. The Kier molecular flexibility index (Phi) is 71.0. The number of carbonyl (C=O) groups excluding carboxylic acids is 4. The van der Waals surface area contributed by atoms with Crippen LogP contribution in [0.1, 0.15) is 349 Å². The maximum atomic E-state index is 13.4. The molecule has 3 amide bonds. The standard InChI is InChI=1S/C38H59N3O10.C37H56N2O10.C36H57NO10/c1-4-5-6-9-12-15-30(41-51-25-23-39)16-13-10-7-8-11-14-17-32(38(49,37(47)48)27-34(42)43)35(44)40-33(36(45)46)26-29-18-20-31(21-19-29)50-24-22-28(2)3;1-5-6-7-10-13-16-29(39-48-4)17-14-11-8-9-12-15-18-31(37(47,36(45)46)26-33(40)41)34(42)38-32(35(43)44)25-28-19-21-30(22-20-28)49-24-23-27(2)3;1-4-5-6-9-12-15-28(38)16-13-10-7-8-11-14-17-30(36(46,35(44)45)25-32(39)40)33(41)37-31(34(42)43)24-27-18-20-29(21-19-27)47-23-22-26(2)3/h14,17-22,32-33,49H,4-13,15-16,23-27,39H2,1-3H3,(H,40,44)(H,42,43)(H,45,46)(H,47,48);15,18-23,31-32,47H,5-14,16-17,24-26H2,1-4H3,(H,38,42)(H,40,41)(H,43,44)(H,45,46);18-21,26,30-31,46H,4-17,22-25H2,1-3H3,(H,37,41)(H,39,40)(H,42,43)(H,44,45)/b17-14+,41-30-;18-15+,39-29-;/t32-,33+,38+;31-,32+,37+;30-,31+,36+/m111/s1. The molecule has 0 unspecified atom stereocenters. The predicted molar refractivity (Wildman–Crippen MR) is 562 cm³/mol. The quantitative estimate of drug-likeness (QED) is 0.0108. The van der Waals surface area contributed by atoms with Gasteiger partial charge in [0.2, 0.25) is 17.7 Å². The molecule has 0 spiro atoms. The topological polar surface area (TPSA) is 598 Å². The number of hydrogen-bond acceptors (Lipinski definition) is 24. The van der Waals surface area contributed by atoms with E-state index in [1.165, 1.54) is 69.9 Å². The summed E-state index contributed by atoms with van der Waals surface area (Å²) in [5, 5.41) is 135. The van der Waals surface area contributed by atoms with E-state index in [9.17, 15) is 124 Å². The number of oxime groups is 2. The highest BCUT2D eigenvalue weighted by Gasteiger charge is 2.52. The van der Waals surface area contributed by atoms with Crippen molar-refractivity contribution < 1.29 is 147 Å². The van der Waals surface area contributed by atoms with E-state index in [4.69, 9.17) is 29.6 Å². The Morgan fingerprint density at radius 3 is 0.993 bits per heavy atom. The van der Waals surface area contributed by atoms with Crippen molar-refractivity contribution in [1.82, 2.24) is 16.0 Å². The van der Waals surface area contributed by atoms with Gasteiger partial charge in [-0.1, -0.05) is 252 Å². The van der Waals surface area contributed by atoms with E-state index in [1.807, 2.05) is 39.8 Å². The van der Waals surface area contributed by atoms with Crippen LogP contribution >= 0.6 is 0 Å². The average molecular weight is 2070 g/mol. The van der Waals surface area contributed by atoms with Gasteiger partial charge in [0, 0.05) is 38.6 Å². The number of benzene rings is 3. The second kappa shape index (κ2) is 78.4. The Labute approximate surface area is 868 Å². The zero-order valence-electron chi connectivity index (χ0n) is 88.5. The van der Waals surface area contributed by atoms with Gasteiger partial charge in [0.15, 0.2) is 16.8 Å². The third kappa shape index (κ3) is 60.2. The van der Waals surface area contributed by atoms with Crippen LogP contribution < -0.4 is 35.9 Å². The van der Waals surface area contributed by atoms with Crippen LogP contribution in [0.5, 0.6) is 17.2 Å². The smallest absolute Gasteiger partial charge is 0.337 e. The summed E-state index contributed by atoms with van der Waals surface area (Å²) in [6.45, 7) is 20.5. The van der Waals surface area contributed by atoms with Crippen LogP contribution in [0, 0.1) is 23.7 Å². The summed E-state index contributed by atoms with van der Waals surface area (Å²) in [6.07, 6.45) is 39.3. The van der Waals surface area contributed by atoms with E-state index in [-0.39, 0.29) is 31.5 Å². The number of nitrogens with zero attached hydrogens (tertiary/aromatic N) is 2. The van der Waals surface area contributed by atoms with Gasteiger partial charge in [-0.2, -0.15) is 0 Å². The van der Waals surface area contributed by atoms with Crippen molar-refractivity contribution in [3.8, 4) is 17.2 Å². The zero-order valence-corrected chi connectivity index (χ0v) is 88.5. The van der Waals surface area contributed by atoms with Gasteiger partial charge in [0.05, 0.1) is 55.0 Å². The SMILES string of the molecule is CCCCCCC/C(CCCCCC/C=C/[C@H](C(=O)N[C@@H](Cc1ccc(OCC=C(C)C)cc1)C(=O)O)[C@@](O)(CC(=O)O)C(=O)O)=N/OC.CCCCCCC/C(CCCCCC/C=C/[C@H](C(=O)N[C@@H](Cc1ccc(OCC=C(C)C)cc1)C(=O)O)[C@@](O)(CC(=O)O)C(=O)O)=N/OCCN.CCCCCCCC(=O)CCCCCCCC[C@H](C(=O)N[C@@H](Cc1ccc(OCCC(C)C)cc1)C(=O)O)[C@@](O)(CC(=O)O)C(=O)O. The van der Waals surface area contributed by atoms with Gasteiger partial charge < -0.3 is 107 Å². The first-order valence-corrected chi connectivity index (χ1v) is 52.3. The number of ether oxygens (including phenoxy) is 3. The minimum atomic E-state index is -3.02. The molecule has 36 heteroatoms. The number of ketones is 1. The Morgan fingerprint density at radius 2 is 0.680 bits per heavy atom. The summed E-state index contributed by atoms with van der Waals surface area (Å²) in [5.74, 6) is -20.9. The van der Waals surface area contributed by atoms with Crippen LogP contribution in [0.2, 0.25) is 0 Å². The lowest BCUT2D eigenvalue weighted by Gasteiger charge is -2.31. The highest BCUT2D eigenvalue weighted by Crippen LogP contribution is 2.32. The Morgan fingerprint density at radius 1 is 0.374 bits per heavy atom. The van der Waals surface area contributed by atoms with Gasteiger partial charge in [0.1, 0.15) is 68.1 Å². The molecule has 147 heavy (non-hydrogen) atoms. The van der Waals surface area contributed by atoms with E-state index in [0.29, 0.717) is 124 Å². The van der Waals surface area contributed by atoms with Gasteiger partial charge in [-0.15, -0.1) is 0 Å². The minimum absolute atomic E-state index is 0.119. The van der Waals surface area contributed by atoms with Crippen molar-refractivity contribution in [3.05, 3.63) is 137 Å². The number of Topliss-reactive ketones (excluding diaryl/α,β-unsaturated/α-hetero) is 1. The van der Waals surface area contributed by atoms with Gasteiger partial charge in [-0.25, -0.2) is 28.8 Å². The zero-order chi connectivity index (χ0) is 110. The van der Waals surface area contributed by atoms with Crippen molar-refractivity contribution in [3.63, 3.8) is 0 Å². The number of aliphatic carboxylic acids is 9. The number of carboxylic acid groups (broad SMARTS) is 9. The van der Waals surface area contributed by atoms with E-state index >= 15 is 0 Å². The molecule has 0 aliphatic carbocycles. The van der Waals surface area contributed by atoms with Crippen molar-refractivity contribution in [2.45, 2.75) is 386 Å². The van der Waals surface area contributed by atoms with Crippen molar-refractivity contribution >= 4 is 88.7 Å². The lowest BCUT2D eigenvalue weighted by atomic mass is 9.80. The molecule has 0 radical (unpaired) electrons. The highest BCUT2D eigenvalue weighted by molar-refractivity contribution is 5.97. The molecule has 3 aromatic carbocycles. The molecule has 0 heterocycles. The van der Waals surface area contributed by atoms with E-state index in [2.05, 4.69) is 60.9 Å². The van der Waals surface area contributed by atoms with E-state index in [1.54, 1.807) is 79.9 Å². The summed E-state index contributed by atoms with van der Waals surface area (Å²) in [4.78, 5) is 170. The average Bonchev–Trinajstić information content (AvgIpc) is 0.807. The molecule has 0 aliphatic rings. The number of unbranched alkanes of at least 4 members (excludes halogenated alkanes) is 25. The Bertz CT molecular complexity index is 4540. The van der Waals surface area contributed by atoms with Crippen LogP contribution in [0.25, 0.3) is 0 Å². The fraction of sp³-hybridized carbons (Fsp3) is 0.631. The number of amides is 3. The number of hydrogen-bond donors (Lipinski definition) is 16. The largest absolute Gasteiger partial charge is 0.494 e. The molecule has 0 saturated carbocycles. The maximum absolute atomic E-state index is 13.4. The van der Waals surface area contributed by atoms with E-state index in [0.717, 1.165) is 170 Å². The fourth-order valence-corrected chi connectivity index (χ4v) is 15.9. The molecule has 3 rings (SSSR count). The van der Waals surface area contributed by atoms with Gasteiger partial charge in [-0.3, -0.25) is 33.6 Å². The minimum Gasteiger partial charge on any atom is -0.494 e. The third-order valence-electron chi connectivity index (χ3n) is 24.6. The summed E-state index contributed by atoms with van der Waals surface area (Å²) in [7, 11) is 1.54. The molecular formula is C111H172N6O30. The van der Waals surface area contributed by atoms with E-state index < -0.39 is 143 Å². The fourth-order valence-electron chi connectivity index (χ4n) is 15.9. The van der Waals surface area contributed by atoms with Gasteiger partial charge in [0.25, 0.3) is 0 Å². The molecule has 36 nitrogen and oxygen atoms in total. The molecule has 9 atom stereocenters. The predicted octanol–water partition coefficient (Wildman–Crippen LogP) is 18.1. The molecule has 17 N–H and O–H groups in total. The number of nitrogens with one attached hydrogen (secondary N) is 3. The molecule has 0 aliphatic heterocycles. The Hall–Kier alpha value is -11.9. The monoisotopic (exact) mass is 2070 g/mol. The first-order chi connectivity index (χ1) is 70.0. The van der Waals surface area contributed by atoms with Crippen LogP contribution in [0.4, 0.5) is 0 Å². The highest BCUT2D eigenvalue weighted by atomic mass is 16.6. The number of carboxylic acids is 9. The van der Waals surface area contributed by atoms with Crippen LogP contribution in [-0.4, -0.2) is 225 Å². The lowest BCUT2D eigenvalue weighted by molar-refractivity contribution is -0.175. The van der Waals surface area contributed by atoms with Crippen molar-refractivity contribution in [2.75, 3.05) is 40.1 Å².